The van der Waals surface area contributed by atoms with E-state index >= 15 is 0 Å². The van der Waals surface area contributed by atoms with Gasteiger partial charge >= 0.3 is 0 Å². The molecular weight excluding hydrogens is 376 g/mol. The highest BCUT2D eigenvalue weighted by Crippen LogP contribution is 2.24. The fourth-order valence-electron chi connectivity index (χ4n) is 3.77. The van der Waals surface area contributed by atoms with Crippen LogP contribution in [0.3, 0.4) is 0 Å². The highest BCUT2D eigenvalue weighted by Gasteiger charge is 2.21. The zero-order valence-corrected chi connectivity index (χ0v) is 17.8. The Labute approximate surface area is 177 Å². The van der Waals surface area contributed by atoms with Gasteiger partial charge in [0.25, 0.3) is 0 Å². The molecule has 156 valence electrons. The van der Waals surface area contributed by atoms with E-state index in [1.165, 1.54) is 16.8 Å². The van der Waals surface area contributed by atoms with Crippen molar-refractivity contribution >= 4 is 11.6 Å². The van der Waals surface area contributed by atoms with Gasteiger partial charge in [0.1, 0.15) is 0 Å². The maximum atomic E-state index is 12.8. The van der Waals surface area contributed by atoms with E-state index in [1.807, 2.05) is 29.2 Å². The van der Waals surface area contributed by atoms with Gasteiger partial charge in [0, 0.05) is 50.8 Å². The molecule has 1 aromatic heterocycles. The van der Waals surface area contributed by atoms with Crippen molar-refractivity contribution in [3.05, 3.63) is 65.5 Å². The summed E-state index contributed by atoms with van der Waals surface area (Å²) in [6.45, 7) is 6.50. The third kappa shape index (κ3) is 4.37. The van der Waals surface area contributed by atoms with Gasteiger partial charge in [0.05, 0.1) is 0 Å². The number of aryl methyl sites for hydroxylation is 1. The lowest BCUT2D eigenvalue weighted by atomic mass is 10.0. The molecule has 1 aliphatic heterocycles. The summed E-state index contributed by atoms with van der Waals surface area (Å²) in [6, 6.07) is 16.5. The number of amides is 1. The Balaban J connectivity index is 1.38. The second kappa shape index (κ2) is 8.69. The second-order valence-electron chi connectivity index (χ2n) is 8.15. The Bertz CT molecular complexity index is 1010. The average Bonchev–Trinajstić information content (AvgIpc) is 3.17. The third-order valence-electron chi connectivity index (χ3n) is 5.68. The van der Waals surface area contributed by atoms with Crippen molar-refractivity contribution in [2.45, 2.75) is 39.2 Å². The number of hydrogen-bond donors (Lipinski definition) is 0. The summed E-state index contributed by atoms with van der Waals surface area (Å²) in [6.07, 6.45) is 0.809. The number of para-hydroxylation sites is 1. The fraction of sp³-hybridized carbons (Fsp3) is 0.375. The van der Waals surface area contributed by atoms with Crippen LogP contribution in [0.5, 0.6) is 0 Å². The molecule has 0 radical (unpaired) electrons. The summed E-state index contributed by atoms with van der Waals surface area (Å²) in [5, 5.41) is 4.09. The van der Waals surface area contributed by atoms with Crippen LogP contribution in [0.25, 0.3) is 11.4 Å². The first-order chi connectivity index (χ1) is 14.5. The SMILES string of the molecule is CC(C)c1ccc(-c2noc(CCC(=O)N3CCN(C)c4ccccc4C3)n2)cc1. The van der Waals surface area contributed by atoms with E-state index in [0.717, 1.165) is 12.1 Å². The Morgan fingerprint density at radius 3 is 2.63 bits per heavy atom. The standard InChI is InChI=1S/C24H28N4O2/c1-17(2)18-8-10-19(11-9-18)24-25-22(30-26-24)12-13-23(29)28-15-14-27(3)21-7-5-4-6-20(21)16-28/h4-11,17H,12-16H2,1-3H3. The minimum absolute atomic E-state index is 0.112. The van der Waals surface area contributed by atoms with Crippen LogP contribution in [0.2, 0.25) is 0 Å². The van der Waals surface area contributed by atoms with Crippen LogP contribution < -0.4 is 4.90 Å². The number of benzene rings is 2. The molecule has 0 saturated carbocycles. The van der Waals surface area contributed by atoms with Crippen LogP contribution in [0.15, 0.2) is 53.1 Å². The first-order valence-corrected chi connectivity index (χ1v) is 10.5. The summed E-state index contributed by atoms with van der Waals surface area (Å²) in [4.78, 5) is 21.4. The lowest BCUT2D eigenvalue weighted by molar-refractivity contribution is -0.131. The van der Waals surface area contributed by atoms with Crippen molar-refractivity contribution in [3.8, 4) is 11.4 Å². The maximum absolute atomic E-state index is 12.8. The third-order valence-corrected chi connectivity index (χ3v) is 5.68. The van der Waals surface area contributed by atoms with Crippen molar-refractivity contribution in [2.75, 3.05) is 25.0 Å². The number of rotatable bonds is 5. The molecule has 0 unspecified atom stereocenters. The molecule has 1 aliphatic rings. The first kappa shape index (κ1) is 20.1. The Morgan fingerprint density at radius 1 is 1.10 bits per heavy atom. The average molecular weight is 405 g/mol. The van der Waals surface area contributed by atoms with Gasteiger partial charge in [-0.15, -0.1) is 0 Å². The van der Waals surface area contributed by atoms with Crippen LogP contribution in [0, 0.1) is 0 Å². The molecule has 6 nitrogen and oxygen atoms in total. The van der Waals surface area contributed by atoms with E-state index in [1.54, 1.807) is 0 Å². The molecule has 2 aromatic carbocycles. The number of carbonyl (C=O) groups is 1. The van der Waals surface area contributed by atoms with Crippen molar-refractivity contribution in [3.63, 3.8) is 0 Å². The normalized spacial score (nSPS) is 14.0. The molecule has 0 bridgehead atoms. The largest absolute Gasteiger partial charge is 0.373 e. The number of hydrogen-bond acceptors (Lipinski definition) is 5. The van der Waals surface area contributed by atoms with Crippen LogP contribution in [0.1, 0.15) is 43.2 Å². The highest BCUT2D eigenvalue weighted by atomic mass is 16.5. The Hall–Kier alpha value is -3.15. The van der Waals surface area contributed by atoms with E-state index in [9.17, 15) is 4.79 Å². The van der Waals surface area contributed by atoms with Gasteiger partial charge < -0.3 is 14.3 Å². The van der Waals surface area contributed by atoms with Gasteiger partial charge in [0.15, 0.2) is 0 Å². The minimum atomic E-state index is 0.112. The van der Waals surface area contributed by atoms with E-state index in [2.05, 4.69) is 60.2 Å². The van der Waals surface area contributed by atoms with Gasteiger partial charge in [-0.05, 0) is 23.1 Å². The molecule has 0 fully saturated rings. The van der Waals surface area contributed by atoms with Gasteiger partial charge in [-0.2, -0.15) is 4.98 Å². The van der Waals surface area contributed by atoms with E-state index in [-0.39, 0.29) is 5.91 Å². The van der Waals surface area contributed by atoms with Crippen molar-refractivity contribution in [1.82, 2.24) is 15.0 Å². The molecule has 6 heteroatoms. The molecule has 0 atom stereocenters. The van der Waals surface area contributed by atoms with Gasteiger partial charge in [-0.25, -0.2) is 0 Å². The molecule has 4 rings (SSSR count). The van der Waals surface area contributed by atoms with Gasteiger partial charge in [0.2, 0.25) is 17.6 Å². The lowest BCUT2D eigenvalue weighted by Gasteiger charge is -2.20. The molecule has 0 spiro atoms. The highest BCUT2D eigenvalue weighted by molar-refractivity contribution is 5.77. The first-order valence-electron chi connectivity index (χ1n) is 10.5. The minimum Gasteiger partial charge on any atom is -0.373 e. The predicted octanol–water partition coefficient (Wildman–Crippen LogP) is 4.27. The number of carbonyl (C=O) groups excluding carboxylic acids is 1. The molecule has 2 heterocycles. The zero-order valence-electron chi connectivity index (χ0n) is 17.8. The predicted molar refractivity (Wildman–Crippen MR) is 117 cm³/mol. The number of fused-ring (bicyclic) bond motifs is 1. The summed E-state index contributed by atoms with van der Waals surface area (Å²) < 4.78 is 5.39. The van der Waals surface area contributed by atoms with Gasteiger partial charge in [-0.1, -0.05) is 61.5 Å². The zero-order chi connectivity index (χ0) is 21.1. The number of aromatic nitrogens is 2. The molecule has 0 N–H and O–H groups in total. The molecule has 30 heavy (non-hydrogen) atoms. The molecule has 0 saturated heterocycles. The van der Waals surface area contributed by atoms with Crippen LogP contribution in [-0.4, -0.2) is 41.1 Å². The molecule has 3 aromatic rings. The topological polar surface area (TPSA) is 62.5 Å². The summed E-state index contributed by atoms with van der Waals surface area (Å²) >= 11 is 0. The summed E-state index contributed by atoms with van der Waals surface area (Å²) in [5.41, 5.74) is 4.57. The van der Waals surface area contributed by atoms with E-state index < -0.39 is 0 Å². The van der Waals surface area contributed by atoms with Crippen molar-refractivity contribution in [2.24, 2.45) is 0 Å². The lowest BCUT2D eigenvalue weighted by Crippen LogP contribution is -2.34. The fourth-order valence-corrected chi connectivity index (χ4v) is 3.77. The van der Waals surface area contributed by atoms with Gasteiger partial charge in [-0.3, -0.25) is 4.79 Å². The van der Waals surface area contributed by atoms with E-state index in [0.29, 0.717) is 43.6 Å². The van der Waals surface area contributed by atoms with E-state index in [4.69, 9.17) is 4.52 Å². The number of anilines is 1. The summed E-state index contributed by atoms with van der Waals surface area (Å²) in [7, 11) is 2.07. The molecule has 0 aliphatic carbocycles. The monoisotopic (exact) mass is 404 g/mol. The van der Waals surface area contributed by atoms with Crippen molar-refractivity contribution in [1.29, 1.82) is 0 Å². The maximum Gasteiger partial charge on any atom is 0.227 e. The van der Waals surface area contributed by atoms with Crippen LogP contribution in [-0.2, 0) is 17.8 Å². The Morgan fingerprint density at radius 2 is 1.87 bits per heavy atom. The van der Waals surface area contributed by atoms with Crippen molar-refractivity contribution < 1.29 is 9.32 Å². The molecule has 1 amide bonds. The number of nitrogens with zero attached hydrogens (tertiary/aromatic N) is 4. The quantitative estimate of drug-likeness (QED) is 0.635. The van der Waals surface area contributed by atoms with Crippen LogP contribution >= 0.6 is 0 Å². The van der Waals surface area contributed by atoms with Crippen LogP contribution in [0.4, 0.5) is 5.69 Å². The second-order valence-corrected chi connectivity index (χ2v) is 8.15. The Kier molecular flexibility index (Phi) is 5.84. The smallest absolute Gasteiger partial charge is 0.227 e. The summed E-state index contributed by atoms with van der Waals surface area (Å²) in [5.74, 6) is 1.66. The number of likely N-dealkylation sites (N-methyl/N-ethyl adjacent to an activating group) is 1. The molecular formula is C24H28N4O2.